The van der Waals surface area contributed by atoms with E-state index in [2.05, 4.69) is 5.32 Å². The molecule has 1 aromatic carbocycles. The maximum atomic E-state index is 11.2. The molecule has 0 heterocycles. The van der Waals surface area contributed by atoms with E-state index in [4.69, 9.17) is 0 Å². The maximum absolute atomic E-state index is 11.2. The molecule has 0 aromatic heterocycles. The third kappa shape index (κ3) is 1.63. The Morgan fingerprint density at radius 3 is 2.67 bits per heavy atom. The first kappa shape index (κ1) is 10.2. The van der Waals surface area contributed by atoms with Crippen LogP contribution in [-0.4, -0.2) is 18.1 Å². The molecule has 1 aliphatic carbocycles. The minimum atomic E-state index is -0.689. The second-order valence-electron chi connectivity index (χ2n) is 4.07. The van der Waals surface area contributed by atoms with E-state index in [9.17, 15) is 9.90 Å². The van der Waals surface area contributed by atoms with E-state index in [0.717, 1.165) is 30.5 Å². The number of hydrogen-bond donors (Lipinski definition) is 2. The van der Waals surface area contributed by atoms with Crippen LogP contribution in [0.25, 0.3) is 0 Å². The highest BCUT2D eigenvalue weighted by Gasteiger charge is 2.52. The van der Waals surface area contributed by atoms with Gasteiger partial charge in [0.1, 0.15) is 0 Å². The Bertz CT molecular complexity index is 383. The summed E-state index contributed by atoms with van der Waals surface area (Å²) in [6.07, 6.45) is 1.53. The quantitative estimate of drug-likeness (QED) is 0.783. The van der Waals surface area contributed by atoms with Gasteiger partial charge in [-0.1, -0.05) is 24.3 Å². The molecule has 3 heteroatoms. The van der Waals surface area contributed by atoms with Gasteiger partial charge in [0.05, 0.1) is 5.41 Å². The normalized spacial score (nSPS) is 17.4. The topological polar surface area (TPSA) is 49.3 Å². The van der Waals surface area contributed by atoms with Crippen molar-refractivity contribution in [3.8, 4) is 0 Å². The van der Waals surface area contributed by atoms with Crippen molar-refractivity contribution in [3.63, 3.8) is 0 Å². The third-order valence-corrected chi connectivity index (χ3v) is 3.06. The summed E-state index contributed by atoms with van der Waals surface area (Å²) in [6.45, 7) is 0.727. The van der Waals surface area contributed by atoms with Gasteiger partial charge in [0.25, 0.3) is 0 Å². The van der Waals surface area contributed by atoms with Crippen LogP contribution in [0.1, 0.15) is 24.0 Å². The van der Waals surface area contributed by atoms with Crippen LogP contribution in [0.3, 0.4) is 0 Å². The van der Waals surface area contributed by atoms with E-state index in [-0.39, 0.29) is 0 Å². The molecule has 0 spiro atoms. The van der Waals surface area contributed by atoms with Gasteiger partial charge in [0, 0.05) is 6.54 Å². The van der Waals surface area contributed by atoms with Crippen LogP contribution in [0.5, 0.6) is 0 Å². The Hall–Kier alpha value is -1.35. The van der Waals surface area contributed by atoms with E-state index in [0.29, 0.717) is 0 Å². The van der Waals surface area contributed by atoms with E-state index in [1.54, 1.807) is 0 Å². The summed E-state index contributed by atoms with van der Waals surface area (Å²) >= 11 is 0. The lowest BCUT2D eigenvalue weighted by atomic mass is 9.91. The van der Waals surface area contributed by atoms with Crippen molar-refractivity contribution in [1.82, 2.24) is 5.32 Å². The van der Waals surface area contributed by atoms with Gasteiger partial charge in [-0.2, -0.15) is 0 Å². The first-order valence-electron chi connectivity index (χ1n) is 5.17. The molecule has 2 N–H and O–H groups in total. The van der Waals surface area contributed by atoms with E-state index >= 15 is 0 Å². The van der Waals surface area contributed by atoms with Gasteiger partial charge in [0.2, 0.25) is 0 Å². The fourth-order valence-electron chi connectivity index (χ4n) is 2.06. The molecule has 0 radical (unpaired) electrons. The SMILES string of the molecule is CNCc1ccccc1C1(C(=O)O)CC1. The van der Waals surface area contributed by atoms with Crippen LogP contribution < -0.4 is 5.32 Å². The minimum Gasteiger partial charge on any atom is -0.481 e. The minimum absolute atomic E-state index is 0.590. The molecule has 1 fully saturated rings. The second kappa shape index (κ2) is 3.66. The summed E-state index contributed by atoms with van der Waals surface area (Å²) in [4.78, 5) is 11.2. The fourth-order valence-corrected chi connectivity index (χ4v) is 2.06. The van der Waals surface area contributed by atoms with E-state index < -0.39 is 11.4 Å². The summed E-state index contributed by atoms with van der Waals surface area (Å²) in [5, 5.41) is 12.3. The average Bonchev–Trinajstić information content (AvgIpc) is 3.00. The molecular formula is C12H15NO2. The Morgan fingerprint density at radius 1 is 1.47 bits per heavy atom. The molecule has 1 saturated carbocycles. The lowest BCUT2D eigenvalue weighted by Gasteiger charge is -2.15. The van der Waals surface area contributed by atoms with Crippen molar-refractivity contribution in [2.24, 2.45) is 0 Å². The van der Waals surface area contributed by atoms with Crippen LogP contribution in [0.15, 0.2) is 24.3 Å². The zero-order valence-corrected chi connectivity index (χ0v) is 8.79. The van der Waals surface area contributed by atoms with Gasteiger partial charge in [-0.05, 0) is 31.0 Å². The molecule has 0 atom stereocenters. The van der Waals surface area contributed by atoms with E-state index in [1.165, 1.54) is 0 Å². The van der Waals surface area contributed by atoms with Gasteiger partial charge < -0.3 is 10.4 Å². The number of hydrogen-bond acceptors (Lipinski definition) is 2. The second-order valence-corrected chi connectivity index (χ2v) is 4.07. The molecule has 3 nitrogen and oxygen atoms in total. The fraction of sp³-hybridized carbons (Fsp3) is 0.417. The zero-order valence-electron chi connectivity index (χ0n) is 8.79. The van der Waals surface area contributed by atoms with Gasteiger partial charge >= 0.3 is 5.97 Å². The monoisotopic (exact) mass is 205 g/mol. The van der Waals surface area contributed by atoms with Crippen LogP contribution in [-0.2, 0) is 16.8 Å². The molecular weight excluding hydrogens is 190 g/mol. The standard InChI is InChI=1S/C12H15NO2/c1-13-8-9-4-2-3-5-10(9)12(6-7-12)11(14)15/h2-5,13H,6-8H2,1H3,(H,14,15). The Morgan fingerprint density at radius 2 is 2.13 bits per heavy atom. The summed E-state index contributed by atoms with van der Waals surface area (Å²) in [7, 11) is 1.87. The molecule has 0 saturated heterocycles. The summed E-state index contributed by atoms with van der Waals surface area (Å²) in [5.41, 5.74) is 1.49. The smallest absolute Gasteiger partial charge is 0.314 e. The molecule has 0 amide bonds. The molecule has 80 valence electrons. The molecule has 2 rings (SSSR count). The number of benzene rings is 1. The molecule has 0 unspecified atom stereocenters. The summed E-state index contributed by atoms with van der Waals surface area (Å²) in [5.74, 6) is -0.689. The first-order valence-corrected chi connectivity index (χ1v) is 5.17. The molecule has 0 bridgehead atoms. The predicted molar refractivity (Wildman–Crippen MR) is 57.8 cm³/mol. The van der Waals surface area contributed by atoms with Crippen LogP contribution in [0, 0.1) is 0 Å². The molecule has 1 aromatic rings. The number of aliphatic carboxylic acids is 1. The first-order chi connectivity index (χ1) is 7.20. The number of carbonyl (C=O) groups is 1. The highest BCUT2D eigenvalue weighted by atomic mass is 16.4. The number of carboxylic acid groups (broad SMARTS) is 1. The number of rotatable bonds is 4. The van der Waals surface area contributed by atoms with Crippen LogP contribution in [0.2, 0.25) is 0 Å². The predicted octanol–water partition coefficient (Wildman–Crippen LogP) is 1.52. The molecule has 15 heavy (non-hydrogen) atoms. The van der Waals surface area contributed by atoms with Crippen LogP contribution >= 0.6 is 0 Å². The lowest BCUT2D eigenvalue weighted by molar-refractivity contribution is -0.140. The van der Waals surface area contributed by atoms with Gasteiger partial charge in [-0.25, -0.2) is 0 Å². The lowest BCUT2D eigenvalue weighted by Crippen LogP contribution is -2.22. The molecule has 1 aliphatic rings. The third-order valence-electron chi connectivity index (χ3n) is 3.06. The highest BCUT2D eigenvalue weighted by molar-refractivity contribution is 5.85. The summed E-state index contributed by atoms with van der Waals surface area (Å²) in [6, 6.07) is 7.80. The van der Waals surface area contributed by atoms with Crippen molar-refractivity contribution < 1.29 is 9.90 Å². The average molecular weight is 205 g/mol. The Balaban J connectivity index is 2.39. The van der Waals surface area contributed by atoms with Crippen LogP contribution in [0.4, 0.5) is 0 Å². The van der Waals surface area contributed by atoms with Gasteiger partial charge in [0.15, 0.2) is 0 Å². The number of nitrogens with one attached hydrogen (secondary N) is 1. The van der Waals surface area contributed by atoms with Crippen molar-refractivity contribution >= 4 is 5.97 Å². The highest BCUT2D eigenvalue weighted by Crippen LogP contribution is 2.49. The summed E-state index contributed by atoms with van der Waals surface area (Å²) < 4.78 is 0. The Kier molecular flexibility index (Phi) is 2.49. The molecule has 0 aliphatic heterocycles. The largest absolute Gasteiger partial charge is 0.481 e. The Labute approximate surface area is 89.1 Å². The van der Waals surface area contributed by atoms with Crippen molar-refractivity contribution in [2.75, 3.05) is 7.05 Å². The zero-order chi connectivity index (χ0) is 10.9. The van der Waals surface area contributed by atoms with Gasteiger partial charge in [-0.3, -0.25) is 4.79 Å². The van der Waals surface area contributed by atoms with E-state index in [1.807, 2.05) is 31.3 Å². The van der Waals surface area contributed by atoms with Crippen molar-refractivity contribution in [3.05, 3.63) is 35.4 Å². The number of carboxylic acids is 1. The van der Waals surface area contributed by atoms with Gasteiger partial charge in [-0.15, -0.1) is 0 Å². The van der Waals surface area contributed by atoms with Crippen molar-refractivity contribution in [1.29, 1.82) is 0 Å². The maximum Gasteiger partial charge on any atom is 0.314 e. The van der Waals surface area contributed by atoms with Crippen molar-refractivity contribution in [2.45, 2.75) is 24.8 Å².